The van der Waals surface area contributed by atoms with E-state index in [-0.39, 0.29) is 5.91 Å². The number of halogens is 1. The zero-order chi connectivity index (χ0) is 15.5. The maximum atomic E-state index is 12.1. The average Bonchev–Trinajstić information content (AvgIpc) is 2.96. The van der Waals surface area contributed by atoms with Crippen LogP contribution in [0.2, 0.25) is 0 Å². The van der Waals surface area contributed by atoms with Gasteiger partial charge in [-0.3, -0.25) is 4.79 Å². The molecule has 1 aromatic carbocycles. The third kappa shape index (κ3) is 3.01. The van der Waals surface area contributed by atoms with Gasteiger partial charge in [-0.05, 0) is 58.7 Å². The van der Waals surface area contributed by atoms with Gasteiger partial charge in [-0.25, -0.2) is 9.78 Å². The quantitative estimate of drug-likeness (QED) is 0.622. The van der Waals surface area contributed by atoms with Crippen molar-refractivity contribution in [1.29, 1.82) is 0 Å². The van der Waals surface area contributed by atoms with E-state index in [4.69, 9.17) is 4.74 Å². The Kier molecular flexibility index (Phi) is 4.20. The summed E-state index contributed by atoms with van der Waals surface area (Å²) in [5.74, 6) is 0.0221. The molecule has 22 heavy (non-hydrogen) atoms. The molecule has 0 spiro atoms. The fraction of sp³-hybridized carbons (Fsp3) is 0.188. The van der Waals surface area contributed by atoms with Crippen molar-refractivity contribution in [1.82, 2.24) is 4.98 Å². The molecule has 2 heterocycles. The third-order valence-corrected chi connectivity index (χ3v) is 4.01. The summed E-state index contributed by atoms with van der Waals surface area (Å²) in [6.45, 7) is 0.727. The van der Waals surface area contributed by atoms with Crippen LogP contribution in [0.4, 0.5) is 5.69 Å². The monoisotopic (exact) mass is 360 g/mol. The van der Waals surface area contributed by atoms with Gasteiger partial charge in [0.15, 0.2) is 5.75 Å². The van der Waals surface area contributed by atoms with Crippen LogP contribution >= 0.6 is 15.9 Å². The Morgan fingerprint density at radius 2 is 2.00 bits per heavy atom. The minimum Gasteiger partial charge on any atom is -0.420 e. The molecular formula is C16H13BrN2O3. The van der Waals surface area contributed by atoms with Gasteiger partial charge < -0.3 is 9.64 Å². The second-order valence-electron chi connectivity index (χ2n) is 4.88. The number of hydrogen-bond acceptors (Lipinski definition) is 4. The highest BCUT2D eigenvalue weighted by Gasteiger charge is 2.21. The molecule has 1 aliphatic rings. The summed E-state index contributed by atoms with van der Waals surface area (Å²) in [5, 5.41) is 0. The molecule has 0 aliphatic carbocycles. The average molecular weight is 361 g/mol. The van der Waals surface area contributed by atoms with Crippen molar-refractivity contribution < 1.29 is 14.3 Å². The lowest BCUT2D eigenvalue weighted by Gasteiger charge is -2.15. The molecule has 5 nitrogen and oxygen atoms in total. The molecule has 1 saturated heterocycles. The molecule has 112 valence electrons. The van der Waals surface area contributed by atoms with E-state index in [0.29, 0.717) is 22.3 Å². The number of carbonyl (C=O) groups is 2. The van der Waals surface area contributed by atoms with Gasteiger partial charge in [-0.1, -0.05) is 0 Å². The Morgan fingerprint density at radius 1 is 1.23 bits per heavy atom. The number of amides is 1. The molecule has 2 aromatic rings. The Bertz CT molecular complexity index is 716. The molecule has 6 heteroatoms. The summed E-state index contributed by atoms with van der Waals surface area (Å²) in [6.07, 6.45) is 3.06. The zero-order valence-electron chi connectivity index (χ0n) is 11.7. The number of benzene rings is 1. The van der Waals surface area contributed by atoms with Crippen LogP contribution < -0.4 is 9.64 Å². The van der Waals surface area contributed by atoms with Crippen molar-refractivity contribution in [2.75, 3.05) is 11.4 Å². The minimum absolute atomic E-state index is 0.120. The summed E-state index contributed by atoms with van der Waals surface area (Å²) in [7, 11) is 0. The summed E-state index contributed by atoms with van der Waals surface area (Å²) < 4.78 is 5.76. The summed E-state index contributed by atoms with van der Waals surface area (Å²) in [4.78, 5) is 29.5. The normalized spacial score (nSPS) is 14.2. The first-order valence-corrected chi connectivity index (χ1v) is 7.67. The van der Waals surface area contributed by atoms with Crippen molar-refractivity contribution in [3.63, 3.8) is 0 Å². The lowest BCUT2D eigenvalue weighted by atomic mass is 10.2. The van der Waals surface area contributed by atoms with Crippen LogP contribution in [0.3, 0.4) is 0 Å². The highest BCUT2D eigenvalue weighted by molar-refractivity contribution is 9.10. The number of nitrogens with zero attached hydrogens (tertiary/aromatic N) is 2. The predicted octanol–water partition coefficient (Wildman–Crippen LogP) is 3.19. The number of hydrogen-bond donors (Lipinski definition) is 0. The molecule has 1 aliphatic heterocycles. The van der Waals surface area contributed by atoms with Crippen LogP contribution in [0.15, 0.2) is 47.2 Å². The van der Waals surface area contributed by atoms with Crippen molar-refractivity contribution in [2.45, 2.75) is 12.8 Å². The zero-order valence-corrected chi connectivity index (χ0v) is 13.2. The second kappa shape index (κ2) is 6.27. The Hall–Kier alpha value is -2.21. The Labute approximate surface area is 136 Å². The number of pyridine rings is 1. The number of aromatic nitrogens is 1. The number of anilines is 1. The van der Waals surface area contributed by atoms with E-state index in [2.05, 4.69) is 20.9 Å². The van der Waals surface area contributed by atoms with Gasteiger partial charge in [0.1, 0.15) is 4.60 Å². The van der Waals surface area contributed by atoms with Gasteiger partial charge in [0, 0.05) is 24.8 Å². The van der Waals surface area contributed by atoms with E-state index in [1.54, 1.807) is 47.5 Å². The van der Waals surface area contributed by atoms with Gasteiger partial charge >= 0.3 is 5.97 Å². The SMILES string of the molecule is O=C(Oc1cccnc1Br)c1ccc(N2CCCC2=O)cc1. The maximum absolute atomic E-state index is 12.1. The fourth-order valence-electron chi connectivity index (χ4n) is 2.30. The van der Waals surface area contributed by atoms with Crippen LogP contribution in [0.25, 0.3) is 0 Å². The second-order valence-corrected chi connectivity index (χ2v) is 5.63. The largest absolute Gasteiger partial charge is 0.420 e. The summed E-state index contributed by atoms with van der Waals surface area (Å²) in [5.41, 5.74) is 1.23. The molecule has 1 aromatic heterocycles. The highest BCUT2D eigenvalue weighted by atomic mass is 79.9. The lowest BCUT2D eigenvalue weighted by Crippen LogP contribution is -2.23. The highest BCUT2D eigenvalue weighted by Crippen LogP contribution is 2.24. The molecule has 1 amide bonds. The smallest absolute Gasteiger partial charge is 0.343 e. The maximum Gasteiger partial charge on any atom is 0.343 e. The molecule has 0 unspecified atom stereocenters. The van der Waals surface area contributed by atoms with E-state index in [0.717, 1.165) is 18.7 Å². The summed E-state index contributed by atoms with van der Waals surface area (Å²) >= 11 is 3.23. The molecular weight excluding hydrogens is 348 g/mol. The predicted molar refractivity (Wildman–Crippen MR) is 84.9 cm³/mol. The molecule has 0 atom stereocenters. The molecule has 1 fully saturated rings. The van der Waals surface area contributed by atoms with Crippen LogP contribution in [0, 0.1) is 0 Å². The number of rotatable bonds is 3. The Morgan fingerprint density at radius 3 is 2.64 bits per heavy atom. The molecule has 0 radical (unpaired) electrons. The molecule has 0 bridgehead atoms. The number of carbonyl (C=O) groups excluding carboxylic acids is 2. The fourth-order valence-corrected chi connectivity index (χ4v) is 2.64. The first-order chi connectivity index (χ1) is 10.6. The number of ether oxygens (including phenoxy) is 1. The van der Waals surface area contributed by atoms with Crippen molar-refractivity contribution >= 4 is 33.5 Å². The van der Waals surface area contributed by atoms with Gasteiger partial charge in [-0.15, -0.1) is 0 Å². The van der Waals surface area contributed by atoms with Gasteiger partial charge in [0.05, 0.1) is 5.56 Å². The van der Waals surface area contributed by atoms with Gasteiger partial charge in [0.25, 0.3) is 0 Å². The van der Waals surface area contributed by atoms with E-state index in [1.807, 2.05) is 0 Å². The van der Waals surface area contributed by atoms with Crippen LogP contribution in [-0.2, 0) is 4.79 Å². The van der Waals surface area contributed by atoms with E-state index in [1.165, 1.54) is 0 Å². The Balaban J connectivity index is 1.74. The topological polar surface area (TPSA) is 59.5 Å². The van der Waals surface area contributed by atoms with Crippen molar-refractivity contribution in [3.05, 3.63) is 52.8 Å². The van der Waals surface area contributed by atoms with Crippen LogP contribution in [-0.4, -0.2) is 23.4 Å². The number of esters is 1. The molecule has 0 saturated carbocycles. The van der Waals surface area contributed by atoms with Gasteiger partial charge in [-0.2, -0.15) is 0 Å². The van der Waals surface area contributed by atoms with E-state index >= 15 is 0 Å². The van der Waals surface area contributed by atoms with Crippen molar-refractivity contribution in [3.8, 4) is 5.75 Å². The molecule has 3 rings (SSSR count). The standard InChI is InChI=1S/C16H13BrN2O3/c17-15-13(3-1-9-18-15)22-16(21)11-5-7-12(8-6-11)19-10-2-4-14(19)20/h1,3,5-9H,2,4,10H2. The van der Waals surface area contributed by atoms with Crippen molar-refractivity contribution in [2.24, 2.45) is 0 Å². The van der Waals surface area contributed by atoms with Gasteiger partial charge in [0.2, 0.25) is 5.91 Å². The van der Waals surface area contributed by atoms with Crippen LogP contribution in [0.1, 0.15) is 23.2 Å². The minimum atomic E-state index is -0.465. The van der Waals surface area contributed by atoms with E-state index < -0.39 is 5.97 Å². The lowest BCUT2D eigenvalue weighted by molar-refractivity contribution is -0.117. The first kappa shape index (κ1) is 14.7. The summed E-state index contributed by atoms with van der Waals surface area (Å²) in [6, 6.07) is 10.2. The molecule has 0 N–H and O–H groups in total. The third-order valence-electron chi connectivity index (χ3n) is 3.42. The first-order valence-electron chi connectivity index (χ1n) is 6.88. The van der Waals surface area contributed by atoms with E-state index in [9.17, 15) is 9.59 Å². The van der Waals surface area contributed by atoms with Crippen LogP contribution in [0.5, 0.6) is 5.75 Å².